The lowest BCUT2D eigenvalue weighted by Gasteiger charge is -2.39. The largest absolute Gasteiger partial charge is 0.497 e. The normalized spacial score (nSPS) is 27.8. The molecule has 2 heterocycles. The van der Waals surface area contributed by atoms with Crippen LogP contribution in [0, 0.1) is 17.3 Å². The smallest absolute Gasteiger partial charge is 0.257 e. The molecule has 3 atom stereocenters. The molecule has 2 aliphatic heterocycles. The maximum absolute atomic E-state index is 13.2. The van der Waals surface area contributed by atoms with E-state index in [-0.39, 0.29) is 11.3 Å². The molecule has 7 heteroatoms. The van der Waals surface area contributed by atoms with Crippen LogP contribution in [0.15, 0.2) is 30.4 Å². The maximum atomic E-state index is 13.2. The minimum Gasteiger partial charge on any atom is -0.497 e. The second kappa shape index (κ2) is 8.58. The number of rotatable bonds is 4. The molecule has 172 valence electrons. The molecule has 4 aliphatic rings. The second-order valence-corrected chi connectivity index (χ2v) is 10.3. The van der Waals surface area contributed by atoms with Gasteiger partial charge in [-0.25, -0.2) is 0 Å². The van der Waals surface area contributed by atoms with Crippen molar-refractivity contribution < 1.29 is 14.3 Å². The number of piperidine rings is 1. The lowest BCUT2D eigenvalue weighted by Crippen LogP contribution is -2.48. The van der Waals surface area contributed by atoms with Gasteiger partial charge in [0.1, 0.15) is 11.5 Å². The fraction of sp³-hybridized carbons (Fsp3) is 0.600. The van der Waals surface area contributed by atoms with Gasteiger partial charge in [0.15, 0.2) is 5.11 Å². The van der Waals surface area contributed by atoms with Crippen molar-refractivity contribution >= 4 is 23.2 Å². The van der Waals surface area contributed by atoms with Crippen LogP contribution < -0.4 is 14.8 Å². The van der Waals surface area contributed by atoms with Crippen LogP contribution in [0.5, 0.6) is 11.5 Å². The topological polar surface area (TPSA) is 54.0 Å². The number of thiocarbonyl (C=S) groups is 1. The van der Waals surface area contributed by atoms with E-state index < -0.39 is 0 Å². The number of methoxy groups -OCH3 is 2. The fourth-order valence-electron chi connectivity index (χ4n) is 6.05. The van der Waals surface area contributed by atoms with Crippen molar-refractivity contribution in [3.8, 4) is 11.5 Å². The zero-order chi connectivity index (χ0) is 22.3. The van der Waals surface area contributed by atoms with Crippen molar-refractivity contribution in [2.45, 2.75) is 38.1 Å². The quantitative estimate of drug-likeness (QED) is 0.554. The average molecular weight is 456 g/mol. The van der Waals surface area contributed by atoms with Crippen molar-refractivity contribution in [3.63, 3.8) is 0 Å². The van der Waals surface area contributed by atoms with Gasteiger partial charge in [0.2, 0.25) is 0 Å². The molecule has 32 heavy (non-hydrogen) atoms. The first-order valence-electron chi connectivity index (χ1n) is 11.8. The summed E-state index contributed by atoms with van der Waals surface area (Å²) >= 11 is 5.80. The van der Waals surface area contributed by atoms with Crippen LogP contribution in [-0.2, 0) is 0 Å². The van der Waals surface area contributed by atoms with Gasteiger partial charge in [-0.2, -0.15) is 0 Å². The first-order chi connectivity index (χ1) is 15.5. The molecule has 3 fully saturated rings. The Labute approximate surface area is 195 Å². The molecule has 1 aromatic carbocycles. The zero-order valence-electron chi connectivity index (χ0n) is 19.0. The number of ether oxygens (including phenoxy) is 2. The molecule has 0 radical (unpaired) electrons. The molecule has 1 spiro atoms. The number of fused-ring (bicyclic) bond motifs is 2. The molecule has 1 saturated carbocycles. The van der Waals surface area contributed by atoms with E-state index in [4.69, 9.17) is 21.7 Å². The Morgan fingerprint density at radius 1 is 1.06 bits per heavy atom. The van der Waals surface area contributed by atoms with Gasteiger partial charge in [-0.15, -0.1) is 0 Å². The van der Waals surface area contributed by atoms with Gasteiger partial charge in [0, 0.05) is 32.2 Å². The highest BCUT2D eigenvalue weighted by molar-refractivity contribution is 7.80. The molecule has 1 aromatic rings. The predicted molar refractivity (Wildman–Crippen MR) is 128 cm³/mol. The van der Waals surface area contributed by atoms with Crippen molar-refractivity contribution in [2.24, 2.45) is 17.3 Å². The van der Waals surface area contributed by atoms with Gasteiger partial charge in [0.05, 0.1) is 19.8 Å². The lowest BCUT2D eigenvalue weighted by molar-refractivity contribution is 0.0595. The SMILES string of the molecule is COc1ccc(OC)c(C(=O)N2CCC3(CC2)CCN(C(=S)NC2C[C@H]4C=C[C@@H]2C4)C3)c1. The Morgan fingerprint density at radius 2 is 1.81 bits per heavy atom. The zero-order valence-corrected chi connectivity index (χ0v) is 19.8. The minimum atomic E-state index is 0.0204. The second-order valence-electron chi connectivity index (χ2n) is 9.87. The number of carbonyl (C=O) groups is 1. The standard InChI is InChI=1S/C25H33N3O3S/c1-30-19-5-6-22(31-2)20(15-19)23(29)27-10-7-25(8-11-27)9-12-28(16-25)24(32)26-21-14-17-3-4-18(21)13-17/h3-6,15,17-18,21H,7-14,16H2,1-2H3,(H,26,32)/t17-,18+,21?/m0/s1. The van der Waals surface area contributed by atoms with Gasteiger partial charge in [-0.3, -0.25) is 4.79 Å². The molecular weight excluding hydrogens is 422 g/mol. The van der Waals surface area contributed by atoms with Crippen LogP contribution in [0.4, 0.5) is 0 Å². The van der Waals surface area contributed by atoms with Crippen LogP contribution in [0.25, 0.3) is 0 Å². The third kappa shape index (κ3) is 3.96. The molecule has 1 unspecified atom stereocenters. The number of amides is 1. The van der Waals surface area contributed by atoms with Crippen LogP contribution >= 0.6 is 12.2 Å². The highest BCUT2D eigenvalue weighted by atomic mass is 32.1. The number of nitrogens with one attached hydrogen (secondary N) is 1. The number of benzene rings is 1. The third-order valence-corrected chi connectivity index (χ3v) is 8.44. The summed E-state index contributed by atoms with van der Waals surface area (Å²) in [6.07, 6.45) is 10.4. The van der Waals surface area contributed by atoms with Crippen LogP contribution in [-0.4, -0.2) is 67.3 Å². The molecular formula is C25H33N3O3S. The molecule has 1 amide bonds. The van der Waals surface area contributed by atoms with Crippen molar-refractivity contribution in [2.75, 3.05) is 40.4 Å². The molecule has 1 N–H and O–H groups in total. The third-order valence-electron chi connectivity index (χ3n) is 8.06. The van der Waals surface area contributed by atoms with E-state index in [2.05, 4.69) is 22.4 Å². The Kier molecular flexibility index (Phi) is 5.78. The van der Waals surface area contributed by atoms with Gasteiger partial charge < -0.3 is 24.6 Å². The summed E-state index contributed by atoms with van der Waals surface area (Å²) < 4.78 is 10.7. The summed E-state index contributed by atoms with van der Waals surface area (Å²) in [4.78, 5) is 17.6. The van der Waals surface area contributed by atoms with E-state index in [0.29, 0.717) is 29.0 Å². The monoisotopic (exact) mass is 455 g/mol. The van der Waals surface area contributed by atoms with Gasteiger partial charge >= 0.3 is 0 Å². The fourth-order valence-corrected chi connectivity index (χ4v) is 6.36. The molecule has 0 aromatic heterocycles. The Morgan fingerprint density at radius 3 is 2.44 bits per heavy atom. The first-order valence-corrected chi connectivity index (χ1v) is 12.2. The Bertz CT molecular complexity index is 925. The number of carbonyl (C=O) groups excluding carboxylic acids is 1. The highest BCUT2D eigenvalue weighted by Gasteiger charge is 2.43. The molecule has 2 aliphatic carbocycles. The number of allylic oxidation sites excluding steroid dienone is 1. The van der Waals surface area contributed by atoms with E-state index in [1.807, 2.05) is 11.0 Å². The van der Waals surface area contributed by atoms with Gasteiger partial charge in [-0.05, 0) is 79.8 Å². The van der Waals surface area contributed by atoms with Gasteiger partial charge in [0.25, 0.3) is 5.91 Å². The number of likely N-dealkylation sites (tertiary alicyclic amines) is 2. The minimum absolute atomic E-state index is 0.0204. The highest BCUT2D eigenvalue weighted by Crippen LogP contribution is 2.42. The summed E-state index contributed by atoms with van der Waals surface area (Å²) in [7, 11) is 3.21. The van der Waals surface area contributed by atoms with Crippen molar-refractivity contribution in [1.82, 2.24) is 15.1 Å². The molecule has 2 bridgehead atoms. The summed E-state index contributed by atoms with van der Waals surface area (Å²) in [5.74, 6) is 2.68. The Balaban J connectivity index is 1.17. The molecule has 5 rings (SSSR count). The number of nitrogens with zero attached hydrogens (tertiary/aromatic N) is 2. The summed E-state index contributed by atoms with van der Waals surface area (Å²) in [5.41, 5.74) is 0.830. The van der Waals surface area contributed by atoms with E-state index in [1.165, 1.54) is 12.8 Å². The predicted octanol–water partition coefficient (Wildman–Crippen LogP) is 3.47. The van der Waals surface area contributed by atoms with E-state index in [9.17, 15) is 4.79 Å². The van der Waals surface area contributed by atoms with E-state index in [0.717, 1.165) is 56.5 Å². The van der Waals surface area contributed by atoms with E-state index >= 15 is 0 Å². The van der Waals surface area contributed by atoms with Gasteiger partial charge in [-0.1, -0.05) is 12.2 Å². The Hall–Kier alpha value is -2.28. The van der Waals surface area contributed by atoms with Crippen LogP contribution in [0.2, 0.25) is 0 Å². The molecule has 2 saturated heterocycles. The number of hydrogen-bond donors (Lipinski definition) is 1. The molecule has 6 nitrogen and oxygen atoms in total. The van der Waals surface area contributed by atoms with E-state index in [1.54, 1.807) is 26.4 Å². The maximum Gasteiger partial charge on any atom is 0.257 e. The van der Waals surface area contributed by atoms with Crippen LogP contribution in [0.1, 0.15) is 42.5 Å². The number of hydrogen-bond acceptors (Lipinski definition) is 4. The summed E-state index contributed by atoms with van der Waals surface area (Å²) in [6.45, 7) is 3.55. The summed E-state index contributed by atoms with van der Waals surface area (Å²) in [6, 6.07) is 5.90. The average Bonchev–Trinajstić information content (AvgIpc) is 3.55. The van der Waals surface area contributed by atoms with Crippen LogP contribution in [0.3, 0.4) is 0 Å². The lowest BCUT2D eigenvalue weighted by atomic mass is 9.77. The van der Waals surface area contributed by atoms with Crippen molar-refractivity contribution in [3.05, 3.63) is 35.9 Å². The first kappa shape index (κ1) is 21.6. The van der Waals surface area contributed by atoms with Crippen molar-refractivity contribution in [1.29, 1.82) is 0 Å². The summed E-state index contributed by atoms with van der Waals surface area (Å²) in [5, 5.41) is 4.59.